The molecule has 0 aromatic carbocycles. The predicted octanol–water partition coefficient (Wildman–Crippen LogP) is 0.590. The molecule has 15 heavy (non-hydrogen) atoms. The third-order valence-corrected chi connectivity index (χ3v) is 4.38. The van der Waals surface area contributed by atoms with E-state index >= 15 is 0 Å². The van der Waals surface area contributed by atoms with Crippen molar-refractivity contribution in [1.82, 2.24) is 14.1 Å². The van der Waals surface area contributed by atoms with Crippen LogP contribution in [0.5, 0.6) is 0 Å². The first-order valence-electron chi connectivity index (χ1n) is 4.76. The van der Waals surface area contributed by atoms with Gasteiger partial charge in [0, 0.05) is 32.4 Å². The van der Waals surface area contributed by atoms with Crippen LogP contribution in [0.15, 0.2) is 12.4 Å². The van der Waals surface area contributed by atoms with Crippen molar-refractivity contribution in [3.8, 4) is 0 Å². The van der Waals surface area contributed by atoms with Crippen molar-refractivity contribution in [2.24, 2.45) is 7.05 Å². The lowest BCUT2D eigenvalue weighted by Gasteiger charge is -2.18. The molecular weight excluding hydrogens is 214 g/mol. The maximum absolute atomic E-state index is 11.7. The minimum absolute atomic E-state index is 0.369. The monoisotopic (exact) mass is 231 g/mol. The van der Waals surface area contributed by atoms with Crippen molar-refractivity contribution >= 4 is 10.0 Å². The molecule has 1 aromatic rings. The van der Waals surface area contributed by atoms with Crippen LogP contribution in [0.1, 0.15) is 19.4 Å². The third kappa shape index (κ3) is 2.79. The first-order chi connectivity index (χ1) is 6.84. The molecule has 0 aliphatic carbocycles. The zero-order chi connectivity index (χ0) is 11.6. The van der Waals surface area contributed by atoms with Gasteiger partial charge in [0.1, 0.15) is 0 Å². The van der Waals surface area contributed by atoms with Crippen LogP contribution in [0.25, 0.3) is 0 Å². The summed E-state index contributed by atoms with van der Waals surface area (Å²) in [6.07, 6.45) is 3.48. The van der Waals surface area contributed by atoms with Crippen molar-refractivity contribution in [3.63, 3.8) is 0 Å². The molecule has 0 amide bonds. The van der Waals surface area contributed by atoms with Crippen LogP contribution in [0.2, 0.25) is 0 Å². The lowest BCUT2D eigenvalue weighted by Crippen LogP contribution is -2.32. The van der Waals surface area contributed by atoms with E-state index in [2.05, 4.69) is 5.10 Å². The topological polar surface area (TPSA) is 55.2 Å². The highest BCUT2D eigenvalue weighted by molar-refractivity contribution is 7.89. The molecule has 1 rings (SSSR count). The van der Waals surface area contributed by atoms with E-state index < -0.39 is 10.0 Å². The van der Waals surface area contributed by atoms with Crippen molar-refractivity contribution in [1.29, 1.82) is 0 Å². The van der Waals surface area contributed by atoms with Gasteiger partial charge in [0.15, 0.2) is 0 Å². The van der Waals surface area contributed by atoms with Crippen LogP contribution >= 0.6 is 0 Å². The molecule has 0 spiro atoms. The van der Waals surface area contributed by atoms with Crippen molar-refractivity contribution in [2.75, 3.05) is 7.05 Å². The van der Waals surface area contributed by atoms with Gasteiger partial charge in [-0.15, -0.1) is 0 Å². The van der Waals surface area contributed by atoms with E-state index in [-0.39, 0.29) is 5.25 Å². The Balaban J connectivity index is 2.76. The fourth-order valence-electron chi connectivity index (χ4n) is 1.26. The molecule has 1 aromatic heterocycles. The Morgan fingerprint density at radius 3 is 2.53 bits per heavy atom. The van der Waals surface area contributed by atoms with E-state index in [0.717, 1.165) is 5.56 Å². The molecule has 0 N–H and O–H groups in total. The lowest BCUT2D eigenvalue weighted by molar-refractivity contribution is 0.459. The van der Waals surface area contributed by atoms with Gasteiger partial charge in [-0.05, 0) is 13.8 Å². The Kier molecular flexibility index (Phi) is 3.51. The summed E-state index contributed by atoms with van der Waals surface area (Å²) in [6.45, 7) is 3.72. The van der Waals surface area contributed by atoms with E-state index in [1.54, 1.807) is 38.8 Å². The molecule has 0 saturated carbocycles. The SMILES string of the molecule is CC(C)S(=O)(=O)N(C)Cc1cnn(C)c1. The maximum atomic E-state index is 11.7. The van der Waals surface area contributed by atoms with Gasteiger partial charge in [0.25, 0.3) is 0 Å². The highest BCUT2D eigenvalue weighted by Crippen LogP contribution is 2.10. The number of sulfonamides is 1. The summed E-state index contributed by atoms with van der Waals surface area (Å²) >= 11 is 0. The van der Waals surface area contributed by atoms with Gasteiger partial charge in [0.05, 0.1) is 11.4 Å². The number of rotatable bonds is 4. The van der Waals surface area contributed by atoms with E-state index in [9.17, 15) is 8.42 Å². The first kappa shape index (κ1) is 12.2. The van der Waals surface area contributed by atoms with Gasteiger partial charge in [-0.2, -0.15) is 5.10 Å². The summed E-state index contributed by atoms with van der Waals surface area (Å²) in [5, 5.41) is 3.60. The highest BCUT2D eigenvalue weighted by atomic mass is 32.2. The normalized spacial score (nSPS) is 12.7. The Morgan fingerprint density at radius 2 is 2.13 bits per heavy atom. The molecule has 0 aliphatic heterocycles. The maximum Gasteiger partial charge on any atom is 0.216 e. The summed E-state index contributed by atoms with van der Waals surface area (Å²) in [7, 11) is 0.222. The lowest BCUT2D eigenvalue weighted by atomic mass is 10.4. The molecule has 86 valence electrons. The average Bonchev–Trinajstić information content (AvgIpc) is 2.50. The Hall–Kier alpha value is -0.880. The quantitative estimate of drug-likeness (QED) is 0.762. The van der Waals surface area contributed by atoms with E-state index in [0.29, 0.717) is 6.54 Å². The van der Waals surface area contributed by atoms with Crippen molar-refractivity contribution in [3.05, 3.63) is 18.0 Å². The van der Waals surface area contributed by atoms with Crippen LogP contribution < -0.4 is 0 Å². The van der Waals surface area contributed by atoms with Crippen LogP contribution in [0, 0.1) is 0 Å². The molecule has 6 heteroatoms. The van der Waals surface area contributed by atoms with Gasteiger partial charge in [-0.1, -0.05) is 0 Å². The minimum atomic E-state index is -3.17. The van der Waals surface area contributed by atoms with E-state index in [1.165, 1.54) is 4.31 Å². The fraction of sp³-hybridized carbons (Fsp3) is 0.667. The molecule has 5 nitrogen and oxygen atoms in total. The van der Waals surface area contributed by atoms with Crippen LogP contribution in [0.4, 0.5) is 0 Å². The number of aromatic nitrogens is 2. The first-order valence-corrected chi connectivity index (χ1v) is 6.27. The number of aryl methyl sites for hydroxylation is 1. The van der Waals surface area contributed by atoms with Crippen molar-refractivity contribution < 1.29 is 8.42 Å². The van der Waals surface area contributed by atoms with Crippen LogP contribution in [0.3, 0.4) is 0 Å². The number of hydrogen-bond donors (Lipinski definition) is 0. The van der Waals surface area contributed by atoms with Gasteiger partial charge in [0.2, 0.25) is 10.0 Å². The smallest absolute Gasteiger partial charge is 0.216 e. The third-order valence-electron chi connectivity index (χ3n) is 2.19. The molecule has 0 atom stereocenters. The van der Waals surface area contributed by atoms with Gasteiger partial charge >= 0.3 is 0 Å². The number of hydrogen-bond acceptors (Lipinski definition) is 3. The molecule has 0 radical (unpaired) electrons. The highest BCUT2D eigenvalue weighted by Gasteiger charge is 2.22. The van der Waals surface area contributed by atoms with Gasteiger partial charge in [-0.25, -0.2) is 12.7 Å². The molecule has 0 fully saturated rings. The molecule has 0 saturated heterocycles. The van der Waals surface area contributed by atoms with Gasteiger partial charge < -0.3 is 0 Å². The Bertz CT molecular complexity index is 422. The minimum Gasteiger partial charge on any atom is -0.275 e. The summed E-state index contributed by atoms with van der Waals surface area (Å²) in [4.78, 5) is 0. The second kappa shape index (κ2) is 4.32. The second-order valence-electron chi connectivity index (χ2n) is 3.87. The summed E-state index contributed by atoms with van der Waals surface area (Å²) in [6, 6.07) is 0. The average molecular weight is 231 g/mol. The standard InChI is InChI=1S/C9H17N3O2S/c1-8(2)15(13,14)12(4)7-9-5-10-11(3)6-9/h5-6,8H,7H2,1-4H3. The van der Waals surface area contributed by atoms with Crippen LogP contribution in [-0.2, 0) is 23.6 Å². The van der Waals surface area contributed by atoms with E-state index in [4.69, 9.17) is 0 Å². The number of nitrogens with zero attached hydrogens (tertiary/aromatic N) is 3. The molecule has 0 aliphatic rings. The second-order valence-corrected chi connectivity index (χ2v) is 6.47. The van der Waals surface area contributed by atoms with Gasteiger partial charge in [-0.3, -0.25) is 4.68 Å². The summed E-state index contributed by atoms with van der Waals surface area (Å²) in [5.74, 6) is 0. The molecule has 0 bridgehead atoms. The molecule has 1 heterocycles. The molecular formula is C9H17N3O2S. The summed E-state index contributed by atoms with van der Waals surface area (Å²) < 4.78 is 26.5. The zero-order valence-corrected chi connectivity index (χ0v) is 10.3. The van der Waals surface area contributed by atoms with Crippen LogP contribution in [-0.4, -0.2) is 34.8 Å². The predicted molar refractivity (Wildman–Crippen MR) is 58.7 cm³/mol. The van der Waals surface area contributed by atoms with Crippen molar-refractivity contribution in [2.45, 2.75) is 25.6 Å². The zero-order valence-electron chi connectivity index (χ0n) is 9.51. The Labute approximate surface area is 90.7 Å². The summed E-state index contributed by atoms with van der Waals surface area (Å²) in [5.41, 5.74) is 0.893. The Morgan fingerprint density at radius 1 is 1.53 bits per heavy atom. The van der Waals surface area contributed by atoms with E-state index in [1.807, 2.05) is 6.20 Å². The molecule has 0 unspecified atom stereocenters. The fourth-order valence-corrected chi connectivity index (χ4v) is 2.31. The largest absolute Gasteiger partial charge is 0.275 e.